The van der Waals surface area contributed by atoms with Gasteiger partial charge in [0.1, 0.15) is 5.82 Å². The van der Waals surface area contributed by atoms with E-state index in [-0.39, 0.29) is 12.6 Å². The SMILES string of the molecule is C[C@@H](CO)Nc1nc(NCc2cccc(Cl)c2)cc(C2CC2)n1. The van der Waals surface area contributed by atoms with E-state index in [1.54, 1.807) is 0 Å². The van der Waals surface area contributed by atoms with E-state index in [1.165, 1.54) is 12.8 Å². The van der Waals surface area contributed by atoms with Crippen molar-refractivity contribution >= 4 is 23.4 Å². The third kappa shape index (κ3) is 4.56. The number of nitrogens with zero attached hydrogens (tertiary/aromatic N) is 2. The standard InChI is InChI=1S/C17H21ClN4O/c1-11(10-23)20-17-21-15(13-5-6-13)8-16(22-17)19-9-12-3-2-4-14(18)7-12/h2-4,7-8,11,13,23H,5-6,9-10H2,1H3,(H2,19,20,21,22)/t11-/m0/s1. The van der Waals surface area contributed by atoms with E-state index in [0.29, 0.717) is 18.4 Å². The molecule has 5 nitrogen and oxygen atoms in total. The zero-order chi connectivity index (χ0) is 16.2. The Balaban J connectivity index is 1.74. The first kappa shape index (κ1) is 16.0. The molecule has 1 aromatic carbocycles. The van der Waals surface area contributed by atoms with Crippen LogP contribution in [0.2, 0.25) is 5.02 Å². The Kier molecular flexibility index (Phi) is 4.98. The van der Waals surface area contributed by atoms with Crippen molar-refractivity contribution in [3.63, 3.8) is 0 Å². The van der Waals surface area contributed by atoms with Crippen molar-refractivity contribution in [1.82, 2.24) is 9.97 Å². The van der Waals surface area contributed by atoms with E-state index in [9.17, 15) is 5.11 Å². The van der Waals surface area contributed by atoms with Crippen LogP contribution in [-0.4, -0.2) is 27.7 Å². The molecule has 0 aliphatic heterocycles. The van der Waals surface area contributed by atoms with Crippen molar-refractivity contribution in [2.75, 3.05) is 17.2 Å². The molecule has 1 fully saturated rings. The second-order valence-electron chi connectivity index (χ2n) is 5.99. The van der Waals surface area contributed by atoms with Crippen LogP contribution >= 0.6 is 11.6 Å². The molecule has 0 amide bonds. The highest BCUT2D eigenvalue weighted by atomic mass is 35.5. The van der Waals surface area contributed by atoms with E-state index in [4.69, 9.17) is 11.6 Å². The maximum Gasteiger partial charge on any atom is 0.225 e. The second-order valence-corrected chi connectivity index (χ2v) is 6.42. The van der Waals surface area contributed by atoms with Crippen molar-refractivity contribution < 1.29 is 5.11 Å². The Labute approximate surface area is 141 Å². The summed E-state index contributed by atoms with van der Waals surface area (Å²) in [7, 11) is 0. The number of hydrogen-bond donors (Lipinski definition) is 3. The highest BCUT2D eigenvalue weighted by Gasteiger charge is 2.26. The largest absolute Gasteiger partial charge is 0.394 e. The van der Waals surface area contributed by atoms with E-state index in [1.807, 2.05) is 37.3 Å². The average molecular weight is 333 g/mol. The van der Waals surface area contributed by atoms with Crippen LogP contribution in [0.1, 0.15) is 36.9 Å². The fourth-order valence-electron chi connectivity index (χ4n) is 2.31. The normalized spacial score (nSPS) is 15.3. The van der Waals surface area contributed by atoms with Gasteiger partial charge in [0, 0.05) is 29.6 Å². The number of hydrogen-bond acceptors (Lipinski definition) is 5. The highest BCUT2D eigenvalue weighted by molar-refractivity contribution is 6.30. The first-order valence-corrected chi connectivity index (χ1v) is 8.26. The minimum absolute atomic E-state index is 0.0439. The van der Waals surface area contributed by atoms with Gasteiger partial charge in [0.25, 0.3) is 0 Å². The van der Waals surface area contributed by atoms with Crippen molar-refractivity contribution in [3.05, 3.63) is 46.6 Å². The van der Waals surface area contributed by atoms with Gasteiger partial charge in [-0.15, -0.1) is 0 Å². The fraction of sp³-hybridized carbons (Fsp3) is 0.412. The molecular weight excluding hydrogens is 312 g/mol. The summed E-state index contributed by atoms with van der Waals surface area (Å²) in [5, 5.41) is 16.4. The van der Waals surface area contributed by atoms with Crippen LogP contribution in [0.4, 0.5) is 11.8 Å². The molecule has 1 atom stereocenters. The van der Waals surface area contributed by atoms with Gasteiger partial charge < -0.3 is 15.7 Å². The Morgan fingerprint density at radius 1 is 1.30 bits per heavy atom. The first-order valence-electron chi connectivity index (χ1n) is 7.88. The molecule has 6 heteroatoms. The number of aromatic nitrogens is 2. The van der Waals surface area contributed by atoms with Crippen LogP contribution in [-0.2, 0) is 6.54 Å². The van der Waals surface area contributed by atoms with Crippen molar-refractivity contribution in [2.24, 2.45) is 0 Å². The van der Waals surface area contributed by atoms with Crippen molar-refractivity contribution in [1.29, 1.82) is 0 Å². The van der Waals surface area contributed by atoms with E-state index >= 15 is 0 Å². The fourth-order valence-corrected chi connectivity index (χ4v) is 2.53. The molecule has 1 aliphatic rings. The van der Waals surface area contributed by atoms with Gasteiger partial charge in [-0.25, -0.2) is 4.98 Å². The molecule has 1 aromatic heterocycles. The topological polar surface area (TPSA) is 70.1 Å². The number of rotatable bonds is 7. The highest BCUT2D eigenvalue weighted by Crippen LogP contribution is 2.39. The molecule has 1 aliphatic carbocycles. The number of nitrogens with one attached hydrogen (secondary N) is 2. The number of aliphatic hydroxyl groups excluding tert-OH is 1. The minimum atomic E-state index is -0.0785. The summed E-state index contributed by atoms with van der Waals surface area (Å²) in [6.07, 6.45) is 2.36. The molecule has 0 radical (unpaired) electrons. The molecule has 3 rings (SSSR count). The van der Waals surface area contributed by atoms with Gasteiger partial charge in [0.2, 0.25) is 5.95 Å². The van der Waals surface area contributed by atoms with Crippen LogP contribution < -0.4 is 10.6 Å². The Hall–Kier alpha value is -1.85. The molecule has 122 valence electrons. The van der Waals surface area contributed by atoms with Gasteiger partial charge in [-0.2, -0.15) is 4.98 Å². The zero-order valence-corrected chi connectivity index (χ0v) is 13.8. The smallest absolute Gasteiger partial charge is 0.225 e. The van der Waals surface area contributed by atoms with Gasteiger partial charge in [-0.1, -0.05) is 23.7 Å². The summed E-state index contributed by atoms with van der Waals surface area (Å²) >= 11 is 6.01. The van der Waals surface area contributed by atoms with Crippen LogP contribution in [0, 0.1) is 0 Å². The van der Waals surface area contributed by atoms with E-state index in [0.717, 1.165) is 22.1 Å². The summed E-state index contributed by atoms with van der Waals surface area (Å²) in [5.41, 5.74) is 2.16. The maximum absolute atomic E-state index is 9.19. The molecule has 0 saturated heterocycles. The molecular formula is C17H21ClN4O. The van der Waals surface area contributed by atoms with Gasteiger partial charge in [0.15, 0.2) is 0 Å². The Bertz CT molecular complexity index is 675. The Morgan fingerprint density at radius 2 is 2.13 bits per heavy atom. The van der Waals surface area contributed by atoms with E-state index < -0.39 is 0 Å². The predicted molar refractivity (Wildman–Crippen MR) is 93.0 cm³/mol. The summed E-state index contributed by atoms with van der Waals surface area (Å²) < 4.78 is 0. The third-order valence-electron chi connectivity index (χ3n) is 3.75. The van der Waals surface area contributed by atoms with Gasteiger partial charge in [-0.05, 0) is 37.5 Å². The maximum atomic E-state index is 9.19. The summed E-state index contributed by atoms with van der Waals surface area (Å²) in [5.74, 6) is 1.88. The lowest BCUT2D eigenvalue weighted by atomic mass is 10.2. The zero-order valence-electron chi connectivity index (χ0n) is 13.1. The minimum Gasteiger partial charge on any atom is -0.394 e. The molecule has 0 bridgehead atoms. The second kappa shape index (κ2) is 7.15. The molecule has 1 saturated carbocycles. The molecule has 1 heterocycles. The monoisotopic (exact) mass is 332 g/mol. The Morgan fingerprint density at radius 3 is 2.83 bits per heavy atom. The number of benzene rings is 1. The van der Waals surface area contributed by atoms with Gasteiger partial charge in [0.05, 0.1) is 12.3 Å². The number of anilines is 2. The third-order valence-corrected chi connectivity index (χ3v) is 3.99. The summed E-state index contributed by atoms with van der Waals surface area (Å²) in [6, 6.07) is 9.69. The van der Waals surface area contributed by atoms with Crippen molar-refractivity contribution in [3.8, 4) is 0 Å². The lowest BCUT2D eigenvalue weighted by Crippen LogP contribution is -2.21. The van der Waals surface area contributed by atoms with Crippen LogP contribution in [0.5, 0.6) is 0 Å². The average Bonchev–Trinajstić information content (AvgIpc) is 3.37. The predicted octanol–water partition coefficient (Wildman–Crippen LogP) is 3.41. The van der Waals surface area contributed by atoms with Gasteiger partial charge in [-0.3, -0.25) is 0 Å². The van der Waals surface area contributed by atoms with Crippen LogP contribution in [0.25, 0.3) is 0 Å². The quantitative estimate of drug-likeness (QED) is 0.725. The molecule has 0 spiro atoms. The molecule has 0 unspecified atom stereocenters. The number of halogens is 1. The van der Waals surface area contributed by atoms with Crippen LogP contribution in [0.15, 0.2) is 30.3 Å². The lowest BCUT2D eigenvalue weighted by molar-refractivity contribution is 0.281. The van der Waals surface area contributed by atoms with Crippen molar-refractivity contribution in [2.45, 2.75) is 38.3 Å². The molecule has 2 aromatic rings. The molecule has 23 heavy (non-hydrogen) atoms. The van der Waals surface area contributed by atoms with E-state index in [2.05, 4.69) is 20.6 Å². The molecule has 3 N–H and O–H groups in total. The first-order chi connectivity index (χ1) is 11.1. The lowest BCUT2D eigenvalue weighted by Gasteiger charge is -2.14. The van der Waals surface area contributed by atoms with Gasteiger partial charge >= 0.3 is 0 Å². The summed E-state index contributed by atoms with van der Waals surface area (Å²) in [6.45, 7) is 2.59. The van der Waals surface area contributed by atoms with Crippen LogP contribution in [0.3, 0.4) is 0 Å². The summed E-state index contributed by atoms with van der Waals surface area (Å²) in [4.78, 5) is 9.05. The number of aliphatic hydroxyl groups is 1.